The van der Waals surface area contributed by atoms with E-state index in [1.54, 1.807) is 18.3 Å². The Kier molecular flexibility index (Phi) is 6.35. The maximum absolute atomic E-state index is 13.4. The van der Waals surface area contributed by atoms with Crippen molar-refractivity contribution in [2.45, 2.75) is 6.61 Å². The molecule has 150 valence electrons. The number of alkyl halides is 2. The van der Waals surface area contributed by atoms with Crippen molar-refractivity contribution >= 4 is 17.6 Å². The van der Waals surface area contributed by atoms with Gasteiger partial charge in [-0.1, -0.05) is 0 Å². The Hall–Kier alpha value is -3.96. The zero-order valence-corrected chi connectivity index (χ0v) is 14.7. The summed E-state index contributed by atoms with van der Waals surface area (Å²) in [7, 11) is 0. The lowest BCUT2D eigenvalue weighted by molar-refractivity contribution is -0.0521. The van der Waals surface area contributed by atoms with E-state index in [9.17, 15) is 13.2 Å². The minimum Gasteiger partial charge on any atom is -0.457 e. The average Bonchev–Trinajstić information content (AvgIpc) is 3.25. The van der Waals surface area contributed by atoms with E-state index >= 15 is 0 Å². The summed E-state index contributed by atoms with van der Waals surface area (Å²) in [6.45, 7) is -3.27. The van der Waals surface area contributed by atoms with Crippen LogP contribution in [0.15, 0.2) is 52.8 Å². The second-order valence-corrected chi connectivity index (χ2v) is 5.36. The van der Waals surface area contributed by atoms with Gasteiger partial charge in [0.25, 0.3) is 0 Å². The molecule has 1 aromatic carbocycles. The lowest BCUT2D eigenvalue weighted by Crippen LogP contribution is -2.16. The molecule has 9 nitrogen and oxygen atoms in total. The Morgan fingerprint density at radius 2 is 2.10 bits per heavy atom. The number of aromatic nitrogens is 4. The lowest BCUT2D eigenvalue weighted by atomic mass is 10.3. The van der Waals surface area contributed by atoms with Crippen molar-refractivity contribution in [3.63, 3.8) is 0 Å². The van der Waals surface area contributed by atoms with Crippen molar-refractivity contribution < 1.29 is 22.6 Å². The summed E-state index contributed by atoms with van der Waals surface area (Å²) >= 11 is 0. The summed E-state index contributed by atoms with van der Waals surface area (Å²) in [4.78, 5) is 12.2. The van der Waals surface area contributed by atoms with Crippen LogP contribution in [0, 0.1) is 5.82 Å². The van der Waals surface area contributed by atoms with E-state index in [0.29, 0.717) is 11.4 Å². The molecule has 0 aliphatic heterocycles. The molecule has 0 amide bonds. The molecular weight excluding hydrogens is 391 g/mol. The molecule has 0 spiro atoms. The van der Waals surface area contributed by atoms with Crippen LogP contribution in [-0.4, -0.2) is 45.3 Å². The topological polar surface area (TPSA) is 124 Å². The first kappa shape index (κ1) is 19.8. The Labute approximate surface area is 162 Å². The third kappa shape index (κ3) is 5.51. The van der Waals surface area contributed by atoms with Crippen LogP contribution in [0.2, 0.25) is 0 Å². The molecule has 29 heavy (non-hydrogen) atoms. The van der Waals surface area contributed by atoms with Gasteiger partial charge < -0.3 is 15.3 Å². The van der Waals surface area contributed by atoms with Gasteiger partial charge >= 0.3 is 12.6 Å². The number of benzene rings is 1. The molecular formula is C17H14F3N7O2. The molecule has 2 aromatic heterocycles. The fourth-order valence-corrected chi connectivity index (χ4v) is 2.11. The van der Waals surface area contributed by atoms with Crippen molar-refractivity contribution in [3.05, 3.63) is 48.5 Å². The minimum absolute atomic E-state index is 0.0704. The largest absolute Gasteiger partial charge is 0.457 e. The summed E-state index contributed by atoms with van der Waals surface area (Å²) in [6, 6.07) is 6.73. The normalized spacial score (nSPS) is 11.9. The van der Waals surface area contributed by atoms with E-state index in [1.807, 2.05) is 0 Å². The van der Waals surface area contributed by atoms with Gasteiger partial charge in [0.1, 0.15) is 12.3 Å². The second kappa shape index (κ2) is 9.30. The number of H-pyrrole nitrogens is 1. The van der Waals surface area contributed by atoms with Crippen molar-refractivity contribution in [2.75, 3.05) is 6.61 Å². The van der Waals surface area contributed by atoms with Gasteiger partial charge in [-0.3, -0.25) is 10.1 Å². The van der Waals surface area contributed by atoms with E-state index in [-0.39, 0.29) is 24.0 Å². The SMILES string of the molecule is NN=C(C=Nc1ccc(F)c(OC(F)F)c1)COc1nccc(-c2ccn[nH]2)n1. The molecule has 0 fully saturated rings. The number of nitrogens with two attached hydrogens (primary N) is 1. The Balaban J connectivity index is 1.65. The molecule has 0 bridgehead atoms. The maximum atomic E-state index is 13.4. The van der Waals surface area contributed by atoms with Crippen molar-refractivity contribution in [2.24, 2.45) is 15.9 Å². The molecule has 0 unspecified atom stereocenters. The maximum Gasteiger partial charge on any atom is 0.387 e. The third-order valence-corrected chi connectivity index (χ3v) is 3.42. The Bertz CT molecular complexity index is 1010. The molecule has 3 rings (SSSR count). The summed E-state index contributed by atoms with van der Waals surface area (Å²) < 4.78 is 47.5. The molecule has 0 saturated carbocycles. The standard InChI is InChI=1S/C17H14F3N7O2/c18-12-2-1-10(7-15(12)29-16(19)20)23-8-11(26-21)9-28-17-22-5-3-13(25-17)14-4-6-24-27-14/h1-8,16H,9,21H2,(H,24,27). The van der Waals surface area contributed by atoms with Gasteiger partial charge in [0.2, 0.25) is 0 Å². The first-order valence-corrected chi connectivity index (χ1v) is 8.06. The van der Waals surface area contributed by atoms with Crippen molar-refractivity contribution in [1.29, 1.82) is 0 Å². The van der Waals surface area contributed by atoms with Crippen LogP contribution in [0.5, 0.6) is 11.8 Å². The number of halogens is 3. The van der Waals surface area contributed by atoms with Crippen LogP contribution in [0.1, 0.15) is 0 Å². The molecule has 0 atom stereocenters. The average molecular weight is 405 g/mol. The number of hydrogen-bond donors (Lipinski definition) is 2. The van der Waals surface area contributed by atoms with Crippen LogP contribution < -0.4 is 15.3 Å². The highest BCUT2D eigenvalue weighted by Crippen LogP contribution is 2.25. The highest BCUT2D eigenvalue weighted by molar-refractivity contribution is 6.31. The van der Waals surface area contributed by atoms with E-state index < -0.39 is 18.2 Å². The summed E-state index contributed by atoms with van der Waals surface area (Å²) in [5.74, 6) is 3.75. The number of aliphatic imine (C=N–C) groups is 1. The van der Waals surface area contributed by atoms with E-state index in [2.05, 4.69) is 35.0 Å². The van der Waals surface area contributed by atoms with E-state index in [4.69, 9.17) is 10.6 Å². The summed E-state index contributed by atoms with van der Waals surface area (Å²) in [6.07, 6.45) is 4.33. The highest BCUT2D eigenvalue weighted by atomic mass is 19.3. The van der Waals surface area contributed by atoms with Crippen LogP contribution in [0.4, 0.5) is 18.9 Å². The van der Waals surface area contributed by atoms with Gasteiger partial charge in [0.15, 0.2) is 11.6 Å². The number of hydrogen-bond acceptors (Lipinski definition) is 8. The molecule has 0 radical (unpaired) electrons. The van der Waals surface area contributed by atoms with Crippen molar-refractivity contribution in [3.8, 4) is 23.1 Å². The van der Waals surface area contributed by atoms with E-state index in [0.717, 1.165) is 12.1 Å². The molecule has 0 saturated heterocycles. The fourth-order valence-electron chi connectivity index (χ4n) is 2.11. The van der Waals surface area contributed by atoms with Gasteiger partial charge in [0, 0.05) is 18.5 Å². The second-order valence-electron chi connectivity index (χ2n) is 5.36. The number of aromatic amines is 1. The van der Waals surface area contributed by atoms with Crippen LogP contribution in [0.3, 0.4) is 0 Å². The third-order valence-electron chi connectivity index (χ3n) is 3.42. The summed E-state index contributed by atoms with van der Waals surface area (Å²) in [5, 5.41) is 10.1. The summed E-state index contributed by atoms with van der Waals surface area (Å²) in [5.41, 5.74) is 1.61. The fraction of sp³-hybridized carbons (Fsp3) is 0.118. The predicted octanol–water partition coefficient (Wildman–Crippen LogP) is 2.70. The first-order chi connectivity index (χ1) is 14.0. The van der Waals surface area contributed by atoms with E-state index in [1.165, 1.54) is 18.5 Å². The molecule has 0 aliphatic carbocycles. The predicted molar refractivity (Wildman–Crippen MR) is 97.9 cm³/mol. The number of rotatable bonds is 8. The van der Waals surface area contributed by atoms with Gasteiger partial charge in [-0.25, -0.2) is 9.37 Å². The smallest absolute Gasteiger partial charge is 0.387 e. The van der Waals surface area contributed by atoms with Gasteiger partial charge in [-0.15, -0.1) is 0 Å². The lowest BCUT2D eigenvalue weighted by Gasteiger charge is -2.06. The van der Waals surface area contributed by atoms with Crippen LogP contribution >= 0.6 is 0 Å². The monoisotopic (exact) mass is 405 g/mol. The van der Waals surface area contributed by atoms with Crippen molar-refractivity contribution in [1.82, 2.24) is 20.2 Å². The number of nitrogens with one attached hydrogen (secondary N) is 1. The molecule has 12 heteroatoms. The number of hydrazone groups is 1. The van der Waals surface area contributed by atoms with Crippen LogP contribution in [-0.2, 0) is 0 Å². The highest BCUT2D eigenvalue weighted by Gasteiger charge is 2.10. The Morgan fingerprint density at radius 3 is 2.83 bits per heavy atom. The van der Waals surface area contributed by atoms with Gasteiger partial charge in [0.05, 0.1) is 23.3 Å². The molecule has 2 heterocycles. The molecule has 3 aromatic rings. The molecule has 3 N–H and O–H groups in total. The molecule has 0 aliphatic rings. The zero-order valence-electron chi connectivity index (χ0n) is 14.7. The Morgan fingerprint density at radius 1 is 1.24 bits per heavy atom. The first-order valence-electron chi connectivity index (χ1n) is 8.06. The number of nitrogens with zero attached hydrogens (tertiary/aromatic N) is 5. The van der Waals surface area contributed by atoms with Gasteiger partial charge in [-0.2, -0.15) is 24.0 Å². The number of ether oxygens (including phenoxy) is 2. The van der Waals surface area contributed by atoms with Crippen LogP contribution in [0.25, 0.3) is 11.4 Å². The van der Waals surface area contributed by atoms with Gasteiger partial charge in [-0.05, 0) is 24.3 Å². The minimum atomic E-state index is -3.16. The zero-order chi connectivity index (χ0) is 20.6. The quantitative estimate of drug-likeness (QED) is 0.337.